The van der Waals surface area contributed by atoms with Gasteiger partial charge >= 0.3 is 6.09 Å². The molecule has 0 bridgehead atoms. The summed E-state index contributed by atoms with van der Waals surface area (Å²) in [6.45, 7) is 0.148. The minimum Gasteiger partial charge on any atom is -0.548 e. The van der Waals surface area contributed by atoms with Gasteiger partial charge in [-0.2, -0.15) is 0 Å². The number of benzene rings is 1. The molecule has 0 aliphatic heterocycles. The monoisotopic (exact) mass is 310 g/mol. The zero-order chi connectivity index (χ0) is 16.8. The van der Waals surface area contributed by atoms with Gasteiger partial charge in [0.25, 0.3) is 0 Å². The number of carbonyl (C=O) groups is 2. The Morgan fingerprint density at radius 1 is 1.27 bits per heavy atom. The molecule has 2 atom stereocenters. The smallest absolute Gasteiger partial charge is 0.408 e. The van der Waals surface area contributed by atoms with E-state index in [1.165, 1.54) is 0 Å². The van der Waals surface area contributed by atoms with Crippen LogP contribution in [0.4, 0.5) is 4.79 Å². The first kappa shape index (κ1) is 17.9. The number of hydrogen-bond acceptors (Lipinski definition) is 5. The first-order valence-electron chi connectivity index (χ1n) is 6.85. The first-order valence-corrected chi connectivity index (χ1v) is 6.85. The van der Waals surface area contributed by atoms with Crippen LogP contribution < -0.4 is 10.4 Å². The Kier molecular flexibility index (Phi) is 6.33. The van der Waals surface area contributed by atoms with Crippen molar-refractivity contribution in [2.24, 2.45) is 0 Å². The predicted molar refractivity (Wildman–Crippen MR) is 77.5 cm³/mol. The average molecular weight is 310 g/mol. The van der Waals surface area contributed by atoms with Crippen molar-refractivity contribution < 1.29 is 29.0 Å². The van der Waals surface area contributed by atoms with Crippen LogP contribution in [-0.4, -0.2) is 61.5 Å². The zero-order valence-corrected chi connectivity index (χ0v) is 13.0. The van der Waals surface area contributed by atoms with Gasteiger partial charge in [0.05, 0.1) is 27.1 Å². The number of likely N-dealkylation sites (N-methyl/N-ethyl adjacent to an activating group) is 1. The van der Waals surface area contributed by atoms with E-state index >= 15 is 0 Å². The second-order valence-electron chi connectivity index (χ2n) is 6.04. The lowest BCUT2D eigenvalue weighted by Gasteiger charge is -2.31. The quantitative estimate of drug-likeness (QED) is 0.636. The third-order valence-electron chi connectivity index (χ3n) is 2.86. The molecule has 22 heavy (non-hydrogen) atoms. The summed E-state index contributed by atoms with van der Waals surface area (Å²) < 4.78 is 5.27. The van der Waals surface area contributed by atoms with Gasteiger partial charge in [0.15, 0.2) is 0 Å². The highest BCUT2D eigenvalue weighted by atomic mass is 16.5. The second-order valence-corrected chi connectivity index (χ2v) is 6.04. The van der Waals surface area contributed by atoms with Gasteiger partial charge in [0, 0.05) is 0 Å². The Balaban J connectivity index is 2.55. The van der Waals surface area contributed by atoms with Crippen molar-refractivity contribution in [3.63, 3.8) is 0 Å². The van der Waals surface area contributed by atoms with Crippen molar-refractivity contribution in [1.29, 1.82) is 0 Å². The van der Waals surface area contributed by atoms with Gasteiger partial charge in [-0.25, -0.2) is 4.79 Å². The number of aliphatic hydroxyl groups is 1. The Hall–Kier alpha value is -2.12. The van der Waals surface area contributed by atoms with E-state index in [9.17, 15) is 19.8 Å². The first-order chi connectivity index (χ1) is 10.2. The lowest BCUT2D eigenvalue weighted by atomic mass is 10.1. The molecule has 0 aliphatic carbocycles. The summed E-state index contributed by atoms with van der Waals surface area (Å²) >= 11 is 0. The number of nitrogens with zero attached hydrogens (tertiary/aromatic N) is 1. The number of amides is 1. The van der Waals surface area contributed by atoms with E-state index < -0.39 is 24.2 Å². The number of rotatable bonds is 7. The van der Waals surface area contributed by atoms with Crippen molar-refractivity contribution in [3.8, 4) is 0 Å². The highest BCUT2D eigenvalue weighted by Crippen LogP contribution is 2.03. The molecule has 1 aromatic rings. The van der Waals surface area contributed by atoms with Gasteiger partial charge < -0.3 is 29.5 Å². The number of carbonyl (C=O) groups excluding carboxylic acids is 2. The standard InChI is InChI=1S/C15H22N2O5/c1-17(2,3)9-12(18)13(14(19)20)16-15(21)22-10-11-7-5-4-6-8-11/h4-8,12-13,18H,9-10H2,1-3H3,(H-,16,19,20,21)/t12-,13-/m1/s1. The molecule has 0 fully saturated rings. The molecule has 1 rings (SSSR count). The number of ether oxygens (including phenoxy) is 1. The number of aliphatic carboxylic acids is 1. The largest absolute Gasteiger partial charge is 0.548 e. The minimum atomic E-state index is -1.56. The molecule has 1 amide bonds. The number of carboxylic acids is 1. The van der Waals surface area contributed by atoms with E-state index in [2.05, 4.69) is 5.32 Å². The number of nitrogens with one attached hydrogen (secondary N) is 1. The third-order valence-corrected chi connectivity index (χ3v) is 2.86. The van der Waals surface area contributed by atoms with Crippen LogP contribution >= 0.6 is 0 Å². The number of aliphatic hydroxyl groups excluding tert-OH is 1. The van der Waals surface area contributed by atoms with Crippen molar-refractivity contribution in [3.05, 3.63) is 35.9 Å². The topological polar surface area (TPSA) is 98.7 Å². The predicted octanol–water partition coefficient (Wildman–Crippen LogP) is -0.902. The highest BCUT2D eigenvalue weighted by molar-refractivity contribution is 5.79. The van der Waals surface area contributed by atoms with Gasteiger partial charge in [-0.3, -0.25) is 0 Å². The van der Waals surface area contributed by atoms with E-state index in [0.717, 1.165) is 5.56 Å². The zero-order valence-electron chi connectivity index (χ0n) is 13.0. The maximum Gasteiger partial charge on any atom is 0.408 e. The van der Waals surface area contributed by atoms with Crippen LogP contribution in [0.15, 0.2) is 30.3 Å². The molecule has 0 saturated heterocycles. The molecule has 2 N–H and O–H groups in total. The van der Waals surface area contributed by atoms with Crippen molar-refractivity contribution in [2.75, 3.05) is 27.7 Å². The summed E-state index contributed by atoms with van der Waals surface area (Å²) in [6, 6.07) is 7.44. The van der Waals surface area contributed by atoms with Gasteiger partial charge in [-0.05, 0) is 5.56 Å². The molecule has 0 heterocycles. The van der Waals surface area contributed by atoms with Crippen LogP contribution in [0.5, 0.6) is 0 Å². The van der Waals surface area contributed by atoms with Gasteiger partial charge in [0.2, 0.25) is 0 Å². The summed E-state index contributed by atoms with van der Waals surface area (Å²) in [7, 11) is 5.38. The summed E-state index contributed by atoms with van der Waals surface area (Å²) in [5.74, 6) is -1.56. The van der Waals surface area contributed by atoms with Crippen LogP contribution in [0, 0.1) is 0 Å². The minimum absolute atomic E-state index is 0.0118. The van der Waals surface area contributed by atoms with Crippen molar-refractivity contribution in [1.82, 2.24) is 5.32 Å². The summed E-state index contributed by atoms with van der Waals surface area (Å²) in [5.41, 5.74) is 0.773. The lowest BCUT2D eigenvalue weighted by Crippen LogP contribution is -2.58. The van der Waals surface area contributed by atoms with Crippen molar-refractivity contribution >= 4 is 12.1 Å². The number of quaternary nitrogens is 1. The molecule has 0 aromatic heterocycles. The average Bonchev–Trinajstić information content (AvgIpc) is 2.41. The molecule has 0 aliphatic rings. The van der Waals surface area contributed by atoms with Crippen LogP contribution in [0.25, 0.3) is 0 Å². The maximum absolute atomic E-state index is 11.7. The second kappa shape index (κ2) is 7.77. The third kappa shape index (κ3) is 6.55. The number of alkyl carbamates (subject to hydrolysis) is 1. The molecule has 0 unspecified atom stereocenters. The van der Waals surface area contributed by atoms with Crippen molar-refractivity contribution in [2.45, 2.75) is 18.8 Å². The van der Waals surface area contributed by atoms with Gasteiger partial charge in [-0.1, -0.05) is 30.3 Å². The normalized spacial score (nSPS) is 14.0. The molecule has 1 aromatic carbocycles. The van der Waals surface area contributed by atoms with Crippen LogP contribution in [-0.2, 0) is 16.1 Å². The van der Waals surface area contributed by atoms with E-state index in [1.54, 1.807) is 45.4 Å². The van der Waals surface area contributed by atoms with Crippen LogP contribution in [0.2, 0.25) is 0 Å². The summed E-state index contributed by atoms with van der Waals surface area (Å²) in [6.07, 6.45) is -2.20. The number of hydrogen-bond donors (Lipinski definition) is 2. The fraction of sp³-hybridized carbons (Fsp3) is 0.467. The van der Waals surface area contributed by atoms with Crippen LogP contribution in [0.3, 0.4) is 0 Å². The fourth-order valence-corrected chi connectivity index (χ4v) is 1.87. The maximum atomic E-state index is 11.7. The Bertz CT molecular complexity index is 498. The molecule has 0 radical (unpaired) electrons. The van der Waals surface area contributed by atoms with E-state index in [1.807, 2.05) is 6.07 Å². The summed E-state index contributed by atoms with van der Waals surface area (Å²) in [5, 5.41) is 23.2. The van der Waals surface area contributed by atoms with Crippen LogP contribution in [0.1, 0.15) is 5.56 Å². The molecule has 7 nitrogen and oxygen atoms in total. The fourth-order valence-electron chi connectivity index (χ4n) is 1.87. The SMILES string of the molecule is C[N+](C)(C)C[C@@H](O)[C@@H](NC(=O)OCc1ccccc1)C(=O)[O-]. The lowest BCUT2D eigenvalue weighted by molar-refractivity contribution is -0.873. The van der Waals surface area contributed by atoms with E-state index in [-0.39, 0.29) is 13.2 Å². The molecule has 0 saturated carbocycles. The number of carboxylic acid groups (broad SMARTS) is 1. The molecular formula is C15H22N2O5. The Morgan fingerprint density at radius 2 is 1.86 bits per heavy atom. The van der Waals surface area contributed by atoms with E-state index in [4.69, 9.17) is 4.74 Å². The van der Waals surface area contributed by atoms with E-state index in [0.29, 0.717) is 4.48 Å². The molecule has 122 valence electrons. The molecular weight excluding hydrogens is 288 g/mol. The Labute approximate surface area is 129 Å². The molecule has 7 heteroatoms. The summed E-state index contributed by atoms with van der Waals surface area (Å²) in [4.78, 5) is 22.7. The highest BCUT2D eigenvalue weighted by Gasteiger charge is 2.28. The Morgan fingerprint density at radius 3 is 2.36 bits per heavy atom. The molecule has 0 spiro atoms. The van der Waals surface area contributed by atoms with Gasteiger partial charge in [0.1, 0.15) is 25.3 Å². The van der Waals surface area contributed by atoms with Gasteiger partial charge in [-0.15, -0.1) is 0 Å².